The molecule has 2 nitrogen and oxygen atoms in total. The van der Waals surface area contributed by atoms with Crippen LogP contribution in [0.25, 0.3) is 0 Å². The van der Waals surface area contributed by atoms with Crippen LogP contribution in [0.4, 0.5) is 4.39 Å². The molecule has 1 aliphatic rings. The van der Waals surface area contributed by atoms with Crippen molar-refractivity contribution in [3.63, 3.8) is 0 Å². The van der Waals surface area contributed by atoms with E-state index in [0.717, 1.165) is 17.7 Å². The second-order valence-electron chi connectivity index (χ2n) is 5.70. The minimum absolute atomic E-state index is 0.313. The summed E-state index contributed by atoms with van der Waals surface area (Å²) in [5, 5.41) is 3.49. The molecule has 0 bridgehead atoms. The highest BCUT2D eigenvalue weighted by atomic mass is 19.1. The summed E-state index contributed by atoms with van der Waals surface area (Å²) in [6.07, 6.45) is 2.57. The lowest BCUT2D eigenvalue weighted by molar-refractivity contribution is 0.290. The zero-order valence-electron chi connectivity index (χ0n) is 12.2. The highest BCUT2D eigenvalue weighted by molar-refractivity contribution is 5.30. The van der Waals surface area contributed by atoms with Gasteiger partial charge in [-0.3, -0.25) is 0 Å². The zero-order valence-corrected chi connectivity index (χ0v) is 12.2. The smallest absolute Gasteiger partial charge is 0.165 e. The van der Waals surface area contributed by atoms with Gasteiger partial charge in [0.2, 0.25) is 0 Å². The summed E-state index contributed by atoms with van der Waals surface area (Å²) >= 11 is 0. The van der Waals surface area contributed by atoms with Gasteiger partial charge in [0.25, 0.3) is 0 Å². The van der Waals surface area contributed by atoms with Gasteiger partial charge in [0, 0.05) is 12.6 Å². The third-order valence-corrected chi connectivity index (χ3v) is 3.64. The van der Waals surface area contributed by atoms with Gasteiger partial charge in [-0.1, -0.05) is 30.3 Å². The summed E-state index contributed by atoms with van der Waals surface area (Å²) in [6, 6.07) is 13.9. The Morgan fingerprint density at radius 2 is 1.95 bits per heavy atom. The van der Waals surface area contributed by atoms with Crippen molar-refractivity contribution < 1.29 is 9.13 Å². The number of halogens is 1. The van der Waals surface area contributed by atoms with E-state index in [1.165, 1.54) is 24.5 Å². The fourth-order valence-electron chi connectivity index (χ4n) is 2.26. The van der Waals surface area contributed by atoms with Crippen molar-refractivity contribution in [3.05, 3.63) is 65.0 Å². The normalized spacial score (nSPS) is 14.2. The second kappa shape index (κ2) is 6.27. The Morgan fingerprint density at radius 1 is 1.14 bits per heavy atom. The van der Waals surface area contributed by atoms with Crippen LogP contribution >= 0.6 is 0 Å². The first-order chi connectivity index (χ1) is 10.2. The number of rotatable bonds is 6. The standard InChI is InChI=1S/C18H20FNO/c1-13-5-8-17(19)18(9-13)21-12-15-4-2-3-14(10-15)11-20-16-6-7-16/h2-5,8-10,16,20H,6-7,11-12H2,1H3. The molecule has 2 aromatic carbocycles. The number of benzene rings is 2. The van der Waals surface area contributed by atoms with Gasteiger partial charge in [-0.2, -0.15) is 0 Å². The largest absolute Gasteiger partial charge is 0.486 e. The van der Waals surface area contributed by atoms with Crippen molar-refractivity contribution in [1.29, 1.82) is 0 Å². The molecule has 0 saturated heterocycles. The Bertz CT molecular complexity index is 622. The van der Waals surface area contributed by atoms with Crippen LogP contribution in [0, 0.1) is 12.7 Å². The van der Waals surface area contributed by atoms with Crippen molar-refractivity contribution in [2.75, 3.05) is 0 Å². The molecule has 0 radical (unpaired) electrons. The van der Waals surface area contributed by atoms with Gasteiger partial charge >= 0.3 is 0 Å². The first-order valence-electron chi connectivity index (χ1n) is 7.41. The maximum absolute atomic E-state index is 13.6. The average molecular weight is 285 g/mol. The predicted molar refractivity (Wildman–Crippen MR) is 81.8 cm³/mol. The molecule has 2 aromatic rings. The first-order valence-corrected chi connectivity index (χ1v) is 7.41. The van der Waals surface area contributed by atoms with Gasteiger partial charge in [0.1, 0.15) is 6.61 Å². The summed E-state index contributed by atoms with van der Waals surface area (Å²) in [7, 11) is 0. The van der Waals surface area contributed by atoms with E-state index >= 15 is 0 Å². The SMILES string of the molecule is Cc1ccc(F)c(OCc2cccc(CNC3CC3)c2)c1. The number of aryl methyl sites for hydroxylation is 1. The molecule has 0 heterocycles. The highest BCUT2D eigenvalue weighted by Crippen LogP contribution is 2.21. The Kier molecular flexibility index (Phi) is 4.20. The van der Waals surface area contributed by atoms with E-state index in [1.54, 1.807) is 12.1 Å². The van der Waals surface area contributed by atoms with E-state index in [9.17, 15) is 4.39 Å². The van der Waals surface area contributed by atoms with E-state index in [4.69, 9.17) is 4.74 Å². The molecule has 1 fully saturated rings. The molecule has 1 saturated carbocycles. The molecule has 3 rings (SSSR count). The van der Waals surface area contributed by atoms with E-state index in [2.05, 4.69) is 17.4 Å². The van der Waals surface area contributed by atoms with Crippen LogP contribution in [0.3, 0.4) is 0 Å². The molecule has 0 aromatic heterocycles. The van der Waals surface area contributed by atoms with E-state index in [0.29, 0.717) is 18.4 Å². The molecule has 1 N–H and O–H groups in total. The number of nitrogens with one attached hydrogen (secondary N) is 1. The molecule has 21 heavy (non-hydrogen) atoms. The van der Waals surface area contributed by atoms with Crippen LogP contribution in [0.15, 0.2) is 42.5 Å². The third-order valence-electron chi connectivity index (χ3n) is 3.64. The van der Waals surface area contributed by atoms with Crippen LogP contribution in [-0.4, -0.2) is 6.04 Å². The lowest BCUT2D eigenvalue weighted by Crippen LogP contribution is -2.15. The van der Waals surface area contributed by atoms with Gasteiger partial charge in [0.15, 0.2) is 11.6 Å². The Labute approximate surface area is 125 Å². The fraction of sp³-hybridized carbons (Fsp3) is 0.333. The number of ether oxygens (including phenoxy) is 1. The fourth-order valence-corrected chi connectivity index (χ4v) is 2.26. The van der Waals surface area contributed by atoms with E-state index in [-0.39, 0.29) is 5.82 Å². The molecule has 0 aliphatic heterocycles. The Morgan fingerprint density at radius 3 is 2.76 bits per heavy atom. The second-order valence-corrected chi connectivity index (χ2v) is 5.70. The first kappa shape index (κ1) is 14.1. The monoisotopic (exact) mass is 285 g/mol. The minimum Gasteiger partial charge on any atom is -0.486 e. The molecule has 3 heteroatoms. The molecular weight excluding hydrogens is 265 g/mol. The van der Waals surface area contributed by atoms with Gasteiger partial charge in [-0.25, -0.2) is 4.39 Å². The minimum atomic E-state index is -0.313. The highest BCUT2D eigenvalue weighted by Gasteiger charge is 2.19. The van der Waals surface area contributed by atoms with Crippen LogP contribution in [0.2, 0.25) is 0 Å². The van der Waals surface area contributed by atoms with Crippen LogP contribution < -0.4 is 10.1 Å². The summed E-state index contributed by atoms with van der Waals surface area (Å²) in [4.78, 5) is 0. The van der Waals surface area contributed by atoms with Crippen LogP contribution in [-0.2, 0) is 13.2 Å². The number of hydrogen-bond donors (Lipinski definition) is 1. The molecular formula is C18H20FNO. The molecule has 0 atom stereocenters. The average Bonchev–Trinajstić information content (AvgIpc) is 3.31. The summed E-state index contributed by atoms with van der Waals surface area (Å²) in [5.41, 5.74) is 3.30. The van der Waals surface area contributed by atoms with Crippen LogP contribution in [0.5, 0.6) is 5.75 Å². The van der Waals surface area contributed by atoms with Gasteiger partial charge in [0.05, 0.1) is 0 Å². The van der Waals surface area contributed by atoms with Gasteiger partial charge in [-0.15, -0.1) is 0 Å². The summed E-state index contributed by atoms with van der Waals surface area (Å²) in [5.74, 6) is 0.00339. The molecule has 0 amide bonds. The van der Waals surface area contributed by atoms with Crippen molar-refractivity contribution in [2.45, 2.75) is 39.0 Å². The van der Waals surface area contributed by atoms with Crippen molar-refractivity contribution in [3.8, 4) is 5.75 Å². The summed E-state index contributed by atoms with van der Waals surface area (Å²) < 4.78 is 19.2. The predicted octanol–water partition coefficient (Wildman–Crippen LogP) is 3.97. The van der Waals surface area contributed by atoms with E-state index < -0.39 is 0 Å². The lowest BCUT2D eigenvalue weighted by Gasteiger charge is -2.10. The number of hydrogen-bond acceptors (Lipinski definition) is 2. The molecule has 110 valence electrons. The van der Waals surface area contributed by atoms with Crippen LogP contribution in [0.1, 0.15) is 29.5 Å². The molecule has 0 spiro atoms. The van der Waals surface area contributed by atoms with Crippen molar-refractivity contribution in [2.24, 2.45) is 0 Å². The maximum atomic E-state index is 13.6. The van der Waals surface area contributed by atoms with Gasteiger partial charge in [-0.05, 0) is 48.6 Å². The Balaban J connectivity index is 1.61. The lowest BCUT2D eigenvalue weighted by atomic mass is 10.1. The zero-order chi connectivity index (χ0) is 14.7. The topological polar surface area (TPSA) is 21.3 Å². The third kappa shape index (κ3) is 4.05. The van der Waals surface area contributed by atoms with Gasteiger partial charge < -0.3 is 10.1 Å². The maximum Gasteiger partial charge on any atom is 0.165 e. The van der Waals surface area contributed by atoms with Crippen molar-refractivity contribution in [1.82, 2.24) is 5.32 Å². The van der Waals surface area contributed by atoms with Crippen molar-refractivity contribution >= 4 is 0 Å². The van der Waals surface area contributed by atoms with E-state index in [1.807, 2.05) is 19.1 Å². The quantitative estimate of drug-likeness (QED) is 0.867. The Hall–Kier alpha value is -1.87. The molecule has 0 unspecified atom stereocenters. The molecule has 1 aliphatic carbocycles. The summed E-state index contributed by atoms with van der Waals surface area (Å²) in [6.45, 7) is 3.20.